The van der Waals surface area contributed by atoms with E-state index in [4.69, 9.17) is 12.2 Å². The summed E-state index contributed by atoms with van der Waals surface area (Å²) >= 11 is 5.22. The van der Waals surface area contributed by atoms with Crippen LogP contribution < -0.4 is 16.0 Å². The number of carbonyl (C=O) groups excluding carboxylic acids is 1. The summed E-state index contributed by atoms with van der Waals surface area (Å²) < 4.78 is 0. The van der Waals surface area contributed by atoms with Gasteiger partial charge in [0.2, 0.25) is 0 Å². The molecule has 0 fully saturated rings. The quantitative estimate of drug-likeness (QED) is 0.757. The van der Waals surface area contributed by atoms with Crippen LogP contribution in [0.5, 0.6) is 0 Å². The van der Waals surface area contributed by atoms with Crippen LogP contribution in [0.4, 0.5) is 5.69 Å². The maximum absolute atomic E-state index is 12.8. The zero-order valence-corrected chi connectivity index (χ0v) is 13.4. The summed E-state index contributed by atoms with van der Waals surface area (Å²) in [6.45, 7) is 1.84. The molecule has 0 saturated carbocycles. The molecule has 0 bridgehead atoms. The minimum absolute atomic E-state index is 0.176. The summed E-state index contributed by atoms with van der Waals surface area (Å²) in [5.74, 6) is -0.176. The average molecular weight is 324 g/mol. The Morgan fingerprint density at radius 1 is 1.22 bits per heavy atom. The lowest BCUT2D eigenvalue weighted by Gasteiger charge is -2.30. The molecule has 3 rings (SSSR count). The van der Waals surface area contributed by atoms with Crippen molar-refractivity contribution in [3.05, 3.63) is 71.7 Å². The van der Waals surface area contributed by atoms with Crippen LogP contribution in [0.25, 0.3) is 0 Å². The molecular weight excluding hydrogens is 308 g/mol. The lowest BCUT2D eigenvalue weighted by atomic mass is 9.96. The molecule has 2 heterocycles. The summed E-state index contributed by atoms with van der Waals surface area (Å²) in [7, 11) is 0. The highest BCUT2D eigenvalue weighted by molar-refractivity contribution is 7.80. The molecule has 2 aromatic rings. The Labute approximate surface area is 139 Å². The molecule has 1 atom stereocenters. The van der Waals surface area contributed by atoms with E-state index in [0.717, 1.165) is 16.9 Å². The van der Waals surface area contributed by atoms with Gasteiger partial charge in [-0.25, -0.2) is 0 Å². The van der Waals surface area contributed by atoms with Crippen molar-refractivity contribution >= 4 is 28.9 Å². The normalized spacial score (nSPS) is 17.3. The predicted octanol–water partition coefficient (Wildman–Crippen LogP) is 2.51. The number of nitrogens with one attached hydrogen (secondary N) is 3. The number of hydrogen-bond donors (Lipinski definition) is 3. The highest BCUT2D eigenvalue weighted by Gasteiger charge is 2.29. The number of hydrogen-bond acceptors (Lipinski definition) is 3. The van der Waals surface area contributed by atoms with E-state index in [1.807, 2.05) is 49.4 Å². The maximum atomic E-state index is 12.8. The van der Waals surface area contributed by atoms with Gasteiger partial charge in [-0.2, -0.15) is 0 Å². The number of aromatic nitrogens is 1. The van der Waals surface area contributed by atoms with Crippen molar-refractivity contribution in [1.82, 2.24) is 15.6 Å². The fourth-order valence-corrected chi connectivity index (χ4v) is 2.78. The number of amides is 1. The highest BCUT2D eigenvalue weighted by Crippen LogP contribution is 2.27. The number of benzene rings is 1. The Kier molecular flexibility index (Phi) is 4.34. The number of nitrogens with zero attached hydrogens (tertiary/aromatic N) is 1. The molecule has 23 heavy (non-hydrogen) atoms. The fourth-order valence-electron chi connectivity index (χ4n) is 2.51. The van der Waals surface area contributed by atoms with Gasteiger partial charge in [0.1, 0.15) is 0 Å². The number of thiocarbonyl (C=S) groups is 1. The van der Waals surface area contributed by atoms with Crippen LogP contribution in [0.1, 0.15) is 18.5 Å². The van der Waals surface area contributed by atoms with Crippen molar-refractivity contribution in [3.8, 4) is 0 Å². The molecule has 116 valence electrons. The van der Waals surface area contributed by atoms with Crippen LogP contribution in [0, 0.1) is 0 Å². The Morgan fingerprint density at radius 2 is 2.00 bits per heavy atom. The van der Waals surface area contributed by atoms with Crippen molar-refractivity contribution in [2.24, 2.45) is 0 Å². The van der Waals surface area contributed by atoms with Crippen molar-refractivity contribution in [2.45, 2.75) is 13.0 Å². The van der Waals surface area contributed by atoms with E-state index in [1.54, 1.807) is 12.4 Å². The number of carbonyl (C=O) groups is 1. The van der Waals surface area contributed by atoms with E-state index < -0.39 is 0 Å². The van der Waals surface area contributed by atoms with Crippen molar-refractivity contribution < 1.29 is 4.79 Å². The molecule has 1 aromatic carbocycles. The molecule has 1 amide bonds. The Hall–Kier alpha value is -2.73. The predicted molar refractivity (Wildman–Crippen MR) is 93.6 cm³/mol. The van der Waals surface area contributed by atoms with Crippen LogP contribution in [-0.4, -0.2) is 16.0 Å². The third-order valence-corrected chi connectivity index (χ3v) is 3.78. The first-order valence-corrected chi connectivity index (χ1v) is 7.60. The molecule has 0 saturated heterocycles. The van der Waals surface area contributed by atoms with E-state index in [-0.39, 0.29) is 11.9 Å². The Balaban J connectivity index is 1.94. The number of pyridine rings is 1. The van der Waals surface area contributed by atoms with Gasteiger partial charge in [0.15, 0.2) is 5.11 Å². The largest absolute Gasteiger partial charge is 0.351 e. The van der Waals surface area contributed by atoms with Crippen LogP contribution >= 0.6 is 12.2 Å². The summed E-state index contributed by atoms with van der Waals surface area (Å²) in [6.07, 6.45) is 3.43. The maximum Gasteiger partial charge on any atom is 0.255 e. The van der Waals surface area contributed by atoms with E-state index in [1.165, 1.54) is 0 Å². The zero-order chi connectivity index (χ0) is 16.2. The molecule has 5 nitrogen and oxygen atoms in total. The summed E-state index contributed by atoms with van der Waals surface area (Å²) in [5.41, 5.74) is 2.95. The van der Waals surface area contributed by atoms with E-state index in [0.29, 0.717) is 10.7 Å². The lowest BCUT2D eigenvalue weighted by Crippen LogP contribution is -2.45. The second-order valence-electron chi connectivity index (χ2n) is 5.18. The summed E-state index contributed by atoms with van der Waals surface area (Å²) in [5, 5.41) is 9.57. The topological polar surface area (TPSA) is 66.0 Å². The van der Waals surface area contributed by atoms with Gasteiger partial charge in [0.05, 0.1) is 11.6 Å². The fraction of sp³-hybridized carbons (Fsp3) is 0.118. The van der Waals surface area contributed by atoms with E-state index >= 15 is 0 Å². The third-order valence-electron chi connectivity index (χ3n) is 3.56. The molecule has 1 aliphatic rings. The smallest absolute Gasteiger partial charge is 0.255 e. The van der Waals surface area contributed by atoms with Crippen LogP contribution in [0.3, 0.4) is 0 Å². The van der Waals surface area contributed by atoms with Crippen LogP contribution in [0.2, 0.25) is 0 Å². The Morgan fingerprint density at radius 3 is 2.70 bits per heavy atom. The molecule has 1 aromatic heterocycles. The summed E-state index contributed by atoms with van der Waals surface area (Å²) in [4.78, 5) is 16.9. The molecule has 0 aliphatic carbocycles. The number of allylic oxidation sites excluding steroid dienone is 1. The van der Waals surface area contributed by atoms with E-state index in [9.17, 15) is 4.79 Å². The van der Waals surface area contributed by atoms with Crippen LogP contribution in [-0.2, 0) is 4.79 Å². The second-order valence-corrected chi connectivity index (χ2v) is 5.58. The van der Waals surface area contributed by atoms with Gasteiger partial charge in [-0.1, -0.05) is 24.3 Å². The van der Waals surface area contributed by atoms with Gasteiger partial charge < -0.3 is 16.0 Å². The number of rotatable bonds is 3. The van der Waals surface area contributed by atoms with Gasteiger partial charge in [0.25, 0.3) is 5.91 Å². The number of para-hydroxylation sites is 1. The first kappa shape index (κ1) is 15.2. The van der Waals surface area contributed by atoms with Gasteiger partial charge in [-0.15, -0.1) is 0 Å². The molecule has 6 heteroatoms. The molecule has 0 radical (unpaired) electrons. The van der Waals surface area contributed by atoms with Gasteiger partial charge in [-0.3, -0.25) is 9.78 Å². The average Bonchev–Trinajstić information content (AvgIpc) is 2.55. The van der Waals surface area contributed by atoms with Gasteiger partial charge in [-0.05, 0) is 42.9 Å². The zero-order valence-electron chi connectivity index (χ0n) is 12.5. The molecule has 1 aliphatic heterocycles. The number of anilines is 1. The van der Waals surface area contributed by atoms with E-state index in [2.05, 4.69) is 20.9 Å². The summed E-state index contributed by atoms with van der Waals surface area (Å²) in [6, 6.07) is 12.8. The van der Waals surface area contributed by atoms with Gasteiger partial charge in [0, 0.05) is 23.8 Å². The molecule has 0 unspecified atom stereocenters. The molecular formula is C17H16N4OS. The first-order valence-electron chi connectivity index (χ1n) is 7.20. The highest BCUT2D eigenvalue weighted by atomic mass is 32.1. The monoisotopic (exact) mass is 324 g/mol. The lowest BCUT2D eigenvalue weighted by molar-refractivity contribution is -0.113. The molecule has 0 spiro atoms. The standard InChI is InChI=1S/C17H16N4OS/c1-11-14(16(22)20-13-7-3-2-4-8-13)15(21-17(23)19-11)12-6-5-9-18-10-12/h2-10,15H,1H3,(H,20,22)(H2,19,21,23)/t15-/m1/s1. The SMILES string of the molecule is CC1=C(C(=O)Nc2ccccc2)[C@@H](c2cccnc2)NC(=S)N1. The van der Waals surface area contributed by atoms with Crippen molar-refractivity contribution in [2.75, 3.05) is 5.32 Å². The molecule has 3 N–H and O–H groups in total. The third kappa shape index (κ3) is 3.37. The van der Waals surface area contributed by atoms with Gasteiger partial charge >= 0.3 is 0 Å². The van der Waals surface area contributed by atoms with Crippen LogP contribution in [0.15, 0.2) is 66.1 Å². The minimum Gasteiger partial charge on any atom is -0.351 e. The minimum atomic E-state index is -0.332. The second kappa shape index (κ2) is 6.58. The Bertz CT molecular complexity index is 759. The van der Waals surface area contributed by atoms with Crippen molar-refractivity contribution in [1.29, 1.82) is 0 Å². The van der Waals surface area contributed by atoms with Crippen molar-refractivity contribution in [3.63, 3.8) is 0 Å². The first-order chi connectivity index (χ1) is 11.1.